The molecule has 0 saturated heterocycles. The molecule has 7 heteroatoms. The van der Waals surface area contributed by atoms with E-state index in [2.05, 4.69) is 20.8 Å². The Kier molecular flexibility index (Phi) is 2.54. The molecule has 0 bridgehead atoms. The van der Waals surface area contributed by atoms with Crippen molar-refractivity contribution in [3.63, 3.8) is 0 Å². The first-order chi connectivity index (χ1) is 5.66. The average Bonchev–Trinajstić information content (AvgIpc) is 2.48. The van der Waals surface area contributed by atoms with Gasteiger partial charge in [-0.3, -0.25) is 4.79 Å². The Morgan fingerprint density at radius 2 is 2.50 bits per heavy atom. The first-order valence-electron chi connectivity index (χ1n) is 3.38. The summed E-state index contributed by atoms with van der Waals surface area (Å²) in [6.07, 6.45) is 0. The van der Waals surface area contributed by atoms with Gasteiger partial charge in [0, 0.05) is 7.05 Å². The lowest BCUT2D eigenvalue weighted by Gasteiger charge is -2.08. The smallest absolute Gasteiger partial charge is 0.244 e. The maximum Gasteiger partial charge on any atom is 0.244 e. The normalized spacial score (nSPS) is 12.5. The van der Waals surface area contributed by atoms with Crippen molar-refractivity contribution < 1.29 is 4.79 Å². The van der Waals surface area contributed by atoms with Crippen molar-refractivity contribution in [1.29, 1.82) is 0 Å². The summed E-state index contributed by atoms with van der Waals surface area (Å²) in [5.41, 5.74) is 0. The van der Waals surface area contributed by atoms with Crippen LogP contribution in [0.25, 0.3) is 0 Å². The van der Waals surface area contributed by atoms with Crippen LogP contribution >= 0.6 is 12.2 Å². The monoisotopic (exact) mass is 187 g/mol. The second-order valence-corrected chi connectivity index (χ2v) is 2.61. The molecule has 1 aromatic rings. The van der Waals surface area contributed by atoms with Crippen molar-refractivity contribution in [2.24, 2.45) is 0 Å². The highest BCUT2D eigenvalue weighted by Crippen LogP contribution is 2.01. The van der Waals surface area contributed by atoms with Gasteiger partial charge in [0.1, 0.15) is 6.04 Å². The van der Waals surface area contributed by atoms with E-state index in [4.69, 9.17) is 12.2 Å². The third-order valence-electron chi connectivity index (χ3n) is 1.51. The Balaban J connectivity index is 2.92. The van der Waals surface area contributed by atoms with Gasteiger partial charge in [-0.1, -0.05) is 10.3 Å². The molecular weight excluding hydrogens is 178 g/mol. The van der Waals surface area contributed by atoms with E-state index in [1.807, 2.05) is 0 Å². The van der Waals surface area contributed by atoms with Gasteiger partial charge in [-0.15, -0.1) is 0 Å². The zero-order valence-corrected chi connectivity index (χ0v) is 7.55. The van der Waals surface area contributed by atoms with Gasteiger partial charge >= 0.3 is 0 Å². The van der Waals surface area contributed by atoms with Crippen molar-refractivity contribution in [2.75, 3.05) is 7.05 Å². The Morgan fingerprint density at radius 3 is 2.92 bits per heavy atom. The first-order valence-corrected chi connectivity index (χ1v) is 3.79. The van der Waals surface area contributed by atoms with Crippen LogP contribution in [-0.4, -0.2) is 33.2 Å². The molecule has 0 aromatic carbocycles. The van der Waals surface area contributed by atoms with E-state index in [0.29, 0.717) is 0 Å². The Morgan fingerprint density at radius 1 is 1.83 bits per heavy atom. The van der Waals surface area contributed by atoms with Crippen molar-refractivity contribution in [2.45, 2.75) is 13.0 Å². The number of hydrogen-bond acceptors (Lipinski definition) is 4. The van der Waals surface area contributed by atoms with Gasteiger partial charge in [-0.05, 0) is 19.1 Å². The molecule has 0 fully saturated rings. The highest BCUT2D eigenvalue weighted by Gasteiger charge is 2.14. The Labute approximate surface area is 73.9 Å². The third-order valence-corrected chi connectivity index (χ3v) is 1.79. The van der Waals surface area contributed by atoms with Crippen molar-refractivity contribution in [3.05, 3.63) is 4.77 Å². The summed E-state index contributed by atoms with van der Waals surface area (Å²) in [7, 11) is 1.56. The predicted molar refractivity (Wildman–Crippen MR) is 44.0 cm³/mol. The van der Waals surface area contributed by atoms with Gasteiger partial charge in [0.05, 0.1) is 0 Å². The van der Waals surface area contributed by atoms with Crippen LogP contribution in [0.15, 0.2) is 0 Å². The van der Waals surface area contributed by atoms with Crippen molar-refractivity contribution in [3.8, 4) is 0 Å². The molecule has 1 aromatic heterocycles. The third kappa shape index (κ3) is 1.50. The molecule has 2 N–H and O–H groups in total. The molecule has 0 radical (unpaired) electrons. The highest BCUT2D eigenvalue weighted by atomic mass is 32.1. The molecule has 0 saturated carbocycles. The summed E-state index contributed by atoms with van der Waals surface area (Å²) in [5, 5.41) is 12.0. The number of amides is 1. The summed E-state index contributed by atoms with van der Waals surface area (Å²) in [5.74, 6) is -0.142. The fraction of sp³-hybridized carbons (Fsp3) is 0.600. The predicted octanol–water partition coefficient (Wildman–Crippen LogP) is -0.357. The van der Waals surface area contributed by atoms with E-state index in [9.17, 15) is 4.79 Å². The molecule has 0 aliphatic rings. The summed E-state index contributed by atoms with van der Waals surface area (Å²) >= 11 is 4.81. The molecule has 12 heavy (non-hydrogen) atoms. The number of H-pyrrole nitrogens is 1. The molecule has 1 heterocycles. The van der Waals surface area contributed by atoms with E-state index >= 15 is 0 Å². The lowest BCUT2D eigenvalue weighted by molar-refractivity contribution is -0.123. The quantitative estimate of drug-likeness (QED) is 0.620. The summed E-state index contributed by atoms with van der Waals surface area (Å²) in [6.45, 7) is 1.70. The molecule has 0 spiro atoms. The number of aromatic nitrogens is 4. The molecule has 6 nitrogen and oxygen atoms in total. The van der Waals surface area contributed by atoms with Crippen LogP contribution in [0.4, 0.5) is 0 Å². The molecule has 66 valence electrons. The lowest BCUT2D eigenvalue weighted by Crippen LogP contribution is -2.28. The summed E-state index contributed by atoms with van der Waals surface area (Å²) in [6, 6.07) is -0.405. The lowest BCUT2D eigenvalue weighted by atomic mass is 10.3. The van der Waals surface area contributed by atoms with Gasteiger partial charge in [-0.25, -0.2) is 4.68 Å². The maximum atomic E-state index is 11.1. The second-order valence-electron chi connectivity index (χ2n) is 2.24. The Bertz CT molecular complexity index is 329. The van der Waals surface area contributed by atoms with Crippen LogP contribution in [-0.2, 0) is 4.79 Å². The van der Waals surface area contributed by atoms with Crippen LogP contribution in [0, 0.1) is 4.77 Å². The second kappa shape index (κ2) is 3.44. The number of carbonyl (C=O) groups is 1. The van der Waals surface area contributed by atoms with Gasteiger partial charge in [0.25, 0.3) is 0 Å². The van der Waals surface area contributed by atoms with E-state index in [-0.39, 0.29) is 10.7 Å². The van der Waals surface area contributed by atoms with Crippen LogP contribution < -0.4 is 5.32 Å². The molecule has 0 aliphatic carbocycles. The number of carbonyl (C=O) groups excluding carboxylic acids is 1. The minimum Gasteiger partial charge on any atom is -0.357 e. The van der Waals surface area contributed by atoms with Crippen molar-refractivity contribution >= 4 is 18.1 Å². The van der Waals surface area contributed by atoms with Gasteiger partial charge in [0.15, 0.2) is 0 Å². The fourth-order valence-electron chi connectivity index (χ4n) is 0.783. The number of aromatic amines is 1. The van der Waals surface area contributed by atoms with Crippen LogP contribution in [0.1, 0.15) is 13.0 Å². The van der Waals surface area contributed by atoms with Crippen LogP contribution in [0.5, 0.6) is 0 Å². The standard InChI is InChI=1S/C5H9N5OS/c1-3(4(11)6-2)10-5(12)7-8-9-10/h3H,1-2H3,(H,6,11)(H,7,9,12). The average molecular weight is 187 g/mol. The number of rotatable bonds is 2. The summed E-state index contributed by atoms with van der Waals surface area (Å²) in [4.78, 5) is 11.1. The molecule has 1 amide bonds. The van der Waals surface area contributed by atoms with E-state index < -0.39 is 6.04 Å². The van der Waals surface area contributed by atoms with Crippen LogP contribution in [0.2, 0.25) is 0 Å². The number of likely N-dealkylation sites (N-methyl/N-ethyl adjacent to an activating group) is 1. The maximum absolute atomic E-state index is 11.1. The summed E-state index contributed by atoms with van der Waals surface area (Å²) < 4.78 is 1.68. The number of nitrogens with zero attached hydrogens (tertiary/aromatic N) is 3. The molecule has 0 aliphatic heterocycles. The van der Waals surface area contributed by atoms with E-state index in [1.165, 1.54) is 4.68 Å². The molecular formula is C5H9N5OS. The Hall–Kier alpha value is -1.24. The topological polar surface area (TPSA) is 75.6 Å². The number of tetrazole rings is 1. The van der Waals surface area contributed by atoms with Gasteiger partial charge in [-0.2, -0.15) is 5.21 Å². The number of hydrogen-bond donors (Lipinski definition) is 2. The fourth-order valence-corrected chi connectivity index (χ4v) is 1.02. The molecule has 1 atom stereocenters. The first kappa shape index (κ1) is 8.85. The molecule has 1 rings (SSSR count). The SMILES string of the molecule is CNC(=O)C(C)n1[nH]nnc1=S. The van der Waals surface area contributed by atoms with E-state index in [0.717, 1.165) is 0 Å². The van der Waals surface area contributed by atoms with Gasteiger partial charge in [0.2, 0.25) is 10.7 Å². The zero-order chi connectivity index (χ0) is 9.14. The number of nitrogens with one attached hydrogen (secondary N) is 2. The van der Waals surface area contributed by atoms with Crippen molar-refractivity contribution in [1.82, 2.24) is 25.5 Å². The largest absolute Gasteiger partial charge is 0.357 e. The minimum atomic E-state index is -0.405. The van der Waals surface area contributed by atoms with Gasteiger partial charge < -0.3 is 5.32 Å². The minimum absolute atomic E-state index is 0.142. The van der Waals surface area contributed by atoms with Crippen LogP contribution in [0.3, 0.4) is 0 Å². The molecule has 1 unspecified atom stereocenters. The highest BCUT2D eigenvalue weighted by molar-refractivity contribution is 7.71. The zero-order valence-electron chi connectivity index (χ0n) is 6.74. The van der Waals surface area contributed by atoms with E-state index in [1.54, 1.807) is 14.0 Å².